The summed E-state index contributed by atoms with van der Waals surface area (Å²) in [5, 5.41) is 27.2. The molecule has 34 heavy (non-hydrogen) atoms. The Morgan fingerprint density at radius 2 is 2.09 bits per heavy atom. The van der Waals surface area contributed by atoms with Crippen LogP contribution in [0.25, 0.3) is 5.82 Å². The highest BCUT2D eigenvalue weighted by Gasteiger charge is 2.49. The summed E-state index contributed by atoms with van der Waals surface area (Å²) in [7, 11) is 1.58. The molecule has 174 valence electrons. The topological polar surface area (TPSA) is 102 Å². The number of aromatic nitrogens is 5. The molecule has 5 rings (SSSR count). The molecule has 0 bridgehead atoms. The van der Waals surface area contributed by atoms with Crippen LogP contribution in [0.4, 0.5) is 13.2 Å². The van der Waals surface area contributed by atoms with Gasteiger partial charge in [0.15, 0.2) is 5.82 Å². The number of alkyl halides is 3. The fourth-order valence-corrected chi connectivity index (χ4v) is 5.77. The summed E-state index contributed by atoms with van der Waals surface area (Å²) in [5.74, 6) is 0.811. The monoisotopic (exact) mass is 503 g/mol. The van der Waals surface area contributed by atoms with Crippen molar-refractivity contribution in [1.82, 2.24) is 25.2 Å². The van der Waals surface area contributed by atoms with Gasteiger partial charge in [-0.3, -0.25) is 4.99 Å². The molecular weight excluding hydrogens is 487 g/mol. The predicted molar refractivity (Wildman–Crippen MR) is 119 cm³/mol. The van der Waals surface area contributed by atoms with Gasteiger partial charge in [-0.2, -0.15) is 23.5 Å². The van der Waals surface area contributed by atoms with Gasteiger partial charge in [-0.25, -0.2) is 0 Å². The number of aliphatic imine (C=N–C) groups is 1. The Balaban J connectivity index is 1.35. The Morgan fingerprint density at radius 1 is 1.26 bits per heavy atom. The highest BCUT2D eigenvalue weighted by Crippen LogP contribution is 2.56. The van der Waals surface area contributed by atoms with Gasteiger partial charge in [0.25, 0.3) is 0 Å². The zero-order chi connectivity index (χ0) is 23.9. The predicted octanol–water partition coefficient (Wildman–Crippen LogP) is 4.48. The molecule has 0 atom stereocenters. The molecule has 0 saturated heterocycles. The first-order chi connectivity index (χ1) is 16.3. The van der Waals surface area contributed by atoms with E-state index in [-0.39, 0.29) is 11.1 Å². The van der Waals surface area contributed by atoms with E-state index in [9.17, 15) is 18.4 Å². The Bertz CT molecular complexity index is 1330. The minimum Gasteiger partial charge on any atom is -0.378 e. The minimum absolute atomic E-state index is 0.00858. The van der Waals surface area contributed by atoms with Crippen LogP contribution >= 0.6 is 23.5 Å². The summed E-state index contributed by atoms with van der Waals surface area (Å²) in [4.78, 5) is 6.31. The third-order valence-electron chi connectivity index (χ3n) is 5.41. The molecule has 0 radical (unpaired) electrons. The van der Waals surface area contributed by atoms with Gasteiger partial charge < -0.3 is 4.74 Å². The van der Waals surface area contributed by atoms with Crippen molar-refractivity contribution in [3.8, 4) is 11.9 Å². The van der Waals surface area contributed by atoms with Crippen LogP contribution in [0.15, 0.2) is 40.5 Å². The average molecular weight is 504 g/mol. The van der Waals surface area contributed by atoms with Crippen LogP contribution in [0.5, 0.6) is 0 Å². The minimum atomic E-state index is -4.49. The van der Waals surface area contributed by atoms with Crippen molar-refractivity contribution in [3.63, 3.8) is 0 Å². The van der Waals surface area contributed by atoms with E-state index in [1.54, 1.807) is 13.3 Å². The highest BCUT2D eigenvalue weighted by molar-refractivity contribution is 8.38. The third-order valence-corrected chi connectivity index (χ3v) is 7.56. The van der Waals surface area contributed by atoms with E-state index in [1.165, 1.54) is 34.4 Å². The van der Waals surface area contributed by atoms with Crippen LogP contribution in [-0.4, -0.2) is 36.7 Å². The van der Waals surface area contributed by atoms with Crippen molar-refractivity contribution < 1.29 is 17.9 Å². The number of hydrogen-bond acceptors (Lipinski definition) is 9. The zero-order valence-electron chi connectivity index (χ0n) is 17.7. The highest BCUT2D eigenvalue weighted by atomic mass is 32.2. The van der Waals surface area contributed by atoms with Gasteiger partial charge >= 0.3 is 6.18 Å². The summed E-state index contributed by atoms with van der Waals surface area (Å²) < 4.78 is 44.7. The second-order valence-electron chi connectivity index (χ2n) is 7.76. The number of ether oxygens (including phenoxy) is 1. The summed E-state index contributed by atoms with van der Waals surface area (Å²) in [6, 6.07) is 7.00. The Morgan fingerprint density at radius 3 is 2.79 bits per heavy atom. The first-order valence-electron chi connectivity index (χ1n) is 10.1. The van der Waals surface area contributed by atoms with E-state index in [0.29, 0.717) is 29.4 Å². The molecule has 1 spiro atoms. The number of fused-ring (bicyclic) bond motifs is 2. The smallest absolute Gasteiger partial charge is 0.378 e. The van der Waals surface area contributed by atoms with Crippen LogP contribution in [-0.2, 0) is 28.8 Å². The number of nitrogens with zero attached hydrogens (tertiary/aromatic N) is 7. The molecule has 2 aliphatic rings. The fraction of sp³-hybridized carbons (Fsp3) is 0.333. The van der Waals surface area contributed by atoms with Crippen LogP contribution in [0.2, 0.25) is 0 Å². The Kier molecular flexibility index (Phi) is 5.83. The Hall–Kier alpha value is -2.95. The lowest BCUT2D eigenvalue weighted by molar-refractivity contribution is -0.137. The maximum absolute atomic E-state index is 13.0. The van der Waals surface area contributed by atoms with Gasteiger partial charge in [0.2, 0.25) is 0 Å². The number of halogens is 3. The normalized spacial score (nSPS) is 16.1. The SMILES string of the molecule is COCc1cnn(-c2cc3c(nn2)SC(SCc2ccc(C(F)(F)F)cc2C#N)=NC32CC2)n1. The number of methoxy groups -OCH3 is 1. The van der Waals surface area contributed by atoms with Gasteiger partial charge in [0.05, 0.1) is 35.5 Å². The third kappa shape index (κ3) is 4.40. The standard InChI is InChI=1S/C21H16F3N7OS2/c1-32-10-15-9-26-31(30-15)17-7-16-18(29-28-17)34-19(27-20(16)4-5-20)33-11-12-2-3-14(21(22,23)24)6-13(12)8-25/h2-3,6-7,9H,4-5,10-11H2,1H3. The van der Waals surface area contributed by atoms with Crippen LogP contribution in [0.1, 0.15) is 40.8 Å². The molecule has 3 aromatic rings. The van der Waals surface area contributed by atoms with Crippen molar-refractivity contribution >= 4 is 27.9 Å². The Labute approximate surface area is 200 Å². The van der Waals surface area contributed by atoms with Gasteiger partial charge in [0, 0.05) is 18.4 Å². The summed E-state index contributed by atoms with van der Waals surface area (Å²) in [6.07, 6.45) is -1.16. The van der Waals surface area contributed by atoms with E-state index in [1.807, 2.05) is 12.1 Å². The van der Waals surface area contributed by atoms with Crippen molar-refractivity contribution in [2.24, 2.45) is 4.99 Å². The summed E-state index contributed by atoms with van der Waals surface area (Å²) in [5.41, 5.74) is 0.958. The molecule has 3 heterocycles. The van der Waals surface area contributed by atoms with Crippen molar-refractivity contribution in [3.05, 3.63) is 58.4 Å². The van der Waals surface area contributed by atoms with Gasteiger partial charge in [0.1, 0.15) is 15.1 Å². The number of benzene rings is 1. The summed E-state index contributed by atoms with van der Waals surface area (Å²) >= 11 is 2.74. The van der Waals surface area contributed by atoms with E-state index in [0.717, 1.165) is 39.9 Å². The van der Waals surface area contributed by atoms with E-state index in [4.69, 9.17) is 9.73 Å². The number of hydrogen-bond donors (Lipinski definition) is 0. The molecular formula is C21H16F3N7OS2. The first-order valence-corrected chi connectivity index (χ1v) is 11.9. The van der Waals surface area contributed by atoms with Crippen molar-refractivity contribution in [1.29, 1.82) is 5.26 Å². The molecule has 0 N–H and O–H groups in total. The van der Waals surface area contributed by atoms with Gasteiger partial charge in [-0.05, 0) is 48.4 Å². The number of rotatable bonds is 5. The molecule has 1 saturated carbocycles. The summed E-state index contributed by atoms with van der Waals surface area (Å²) in [6.45, 7) is 0.343. The lowest BCUT2D eigenvalue weighted by atomic mass is 10.1. The molecule has 0 unspecified atom stereocenters. The largest absolute Gasteiger partial charge is 0.416 e. The molecule has 0 amide bonds. The molecule has 2 aromatic heterocycles. The molecule has 8 nitrogen and oxygen atoms in total. The molecule has 1 aromatic carbocycles. The number of nitriles is 1. The van der Waals surface area contributed by atoms with Gasteiger partial charge in [-0.15, -0.1) is 20.1 Å². The maximum Gasteiger partial charge on any atom is 0.416 e. The molecule has 1 fully saturated rings. The van der Waals surface area contributed by atoms with E-state index >= 15 is 0 Å². The molecule has 13 heteroatoms. The average Bonchev–Trinajstić information content (AvgIpc) is 3.42. The van der Waals surface area contributed by atoms with Crippen LogP contribution in [0, 0.1) is 11.3 Å². The molecule has 1 aliphatic heterocycles. The van der Waals surface area contributed by atoms with Crippen molar-refractivity contribution in [2.45, 2.75) is 41.9 Å². The van der Waals surface area contributed by atoms with Crippen molar-refractivity contribution in [2.75, 3.05) is 7.11 Å². The van der Waals surface area contributed by atoms with Gasteiger partial charge in [-0.1, -0.05) is 17.8 Å². The van der Waals surface area contributed by atoms with Crippen LogP contribution in [0.3, 0.4) is 0 Å². The second-order valence-corrected chi connectivity index (χ2v) is 9.96. The van der Waals surface area contributed by atoms with E-state index in [2.05, 4.69) is 20.4 Å². The van der Waals surface area contributed by atoms with Crippen LogP contribution < -0.4 is 0 Å². The second kappa shape index (κ2) is 8.68. The molecule has 1 aliphatic carbocycles. The quantitative estimate of drug-likeness (QED) is 0.502. The lowest BCUT2D eigenvalue weighted by Gasteiger charge is -2.21. The zero-order valence-corrected chi connectivity index (χ0v) is 19.3. The lowest BCUT2D eigenvalue weighted by Crippen LogP contribution is -2.16. The fourth-order valence-electron chi connectivity index (χ4n) is 3.52. The maximum atomic E-state index is 13.0. The first kappa shape index (κ1) is 22.8. The van der Waals surface area contributed by atoms with E-state index < -0.39 is 11.7 Å². The number of thioether (sulfide) groups is 2.